The van der Waals surface area contributed by atoms with Gasteiger partial charge in [0.25, 0.3) is 0 Å². The normalized spacial score (nSPS) is 22.6. The van der Waals surface area contributed by atoms with Crippen LogP contribution in [-0.2, 0) is 10.0 Å². The lowest BCUT2D eigenvalue weighted by Gasteiger charge is -2.41. The van der Waals surface area contributed by atoms with Gasteiger partial charge in [-0.3, -0.25) is 0 Å². The van der Waals surface area contributed by atoms with Crippen LogP contribution in [-0.4, -0.2) is 31.9 Å². The van der Waals surface area contributed by atoms with E-state index >= 15 is 0 Å². The molecule has 0 spiro atoms. The Labute approximate surface area is 129 Å². The van der Waals surface area contributed by atoms with Gasteiger partial charge in [-0.05, 0) is 24.0 Å². The van der Waals surface area contributed by atoms with Gasteiger partial charge in [0.15, 0.2) is 11.6 Å². The molecule has 1 fully saturated rings. The lowest BCUT2D eigenvalue weighted by molar-refractivity contribution is 0.155. The van der Waals surface area contributed by atoms with Crippen molar-refractivity contribution in [3.05, 3.63) is 29.8 Å². The quantitative estimate of drug-likeness (QED) is 0.897. The number of hydrogen-bond donors (Lipinski definition) is 1. The van der Waals surface area contributed by atoms with E-state index in [1.54, 1.807) is 0 Å². The minimum atomic E-state index is -4.05. The molecule has 0 aliphatic carbocycles. The van der Waals surface area contributed by atoms with Gasteiger partial charge in [-0.25, -0.2) is 17.2 Å². The van der Waals surface area contributed by atoms with Crippen LogP contribution in [0.3, 0.4) is 0 Å². The second kappa shape index (κ2) is 6.16. The third kappa shape index (κ3) is 3.36. The van der Waals surface area contributed by atoms with Gasteiger partial charge in [0.2, 0.25) is 10.0 Å². The minimum absolute atomic E-state index is 0. The van der Waals surface area contributed by atoms with Crippen LogP contribution < -0.4 is 5.73 Å². The second-order valence-electron chi connectivity index (χ2n) is 5.77. The molecule has 1 atom stereocenters. The molecule has 1 unspecified atom stereocenters. The van der Waals surface area contributed by atoms with Crippen LogP contribution in [0.25, 0.3) is 0 Å². The van der Waals surface area contributed by atoms with E-state index in [-0.39, 0.29) is 31.5 Å². The van der Waals surface area contributed by atoms with Crippen LogP contribution in [0, 0.1) is 17.0 Å². The lowest BCUT2D eigenvalue weighted by atomic mass is 9.81. The van der Waals surface area contributed by atoms with Crippen LogP contribution in [0.2, 0.25) is 0 Å². The van der Waals surface area contributed by atoms with Crippen molar-refractivity contribution < 1.29 is 17.2 Å². The van der Waals surface area contributed by atoms with Crippen molar-refractivity contribution >= 4 is 22.4 Å². The van der Waals surface area contributed by atoms with Crippen molar-refractivity contribution in [3.8, 4) is 0 Å². The fourth-order valence-corrected chi connectivity index (χ4v) is 4.05. The first-order valence-corrected chi connectivity index (χ1v) is 7.80. The molecule has 0 amide bonds. The monoisotopic (exact) mass is 340 g/mol. The highest BCUT2D eigenvalue weighted by Gasteiger charge is 2.39. The van der Waals surface area contributed by atoms with E-state index in [9.17, 15) is 17.2 Å². The maximum absolute atomic E-state index is 13.7. The summed E-state index contributed by atoms with van der Waals surface area (Å²) in [4.78, 5) is -0.622. The van der Waals surface area contributed by atoms with Gasteiger partial charge in [0.1, 0.15) is 4.90 Å². The summed E-state index contributed by atoms with van der Waals surface area (Å²) in [6.45, 7) is 4.12. The molecular formula is C13H19ClF2N2O2S. The van der Waals surface area contributed by atoms with Gasteiger partial charge in [0, 0.05) is 19.1 Å². The number of piperidine rings is 1. The highest BCUT2D eigenvalue weighted by Crippen LogP contribution is 2.32. The zero-order chi connectivity index (χ0) is 15.1. The molecule has 4 nitrogen and oxygen atoms in total. The Kier molecular flexibility index (Phi) is 5.36. The molecule has 21 heavy (non-hydrogen) atoms. The predicted octanol–water partition coefficient (Wildman–Crippen LogP) is 2.13. The molecule has 2 rings (SSSR count). The van der Waals surface area contributed by atoms with Crippen molar-refractivity contribution in [2.24, 2.45) is 11.1 Å². The molecule has 1 aliphatic heterocycles. The number of nitrogens with zero attached hydrogens (tertiary/aromatic N) is 1. The van der Waals surface area contributed by atoms with Crippen molar-refractivity contribution in [1.82, 2.24) is 4.31 Å². The van der Waals surface area contributed by atoms with E-state index in [1.807, 2.05) is 13.8 Å². The van der Waals surface area contributed by atoms with Gasteiger partial charge >= 0.3 is 0 Å². The molecule has 0 saturated carbocycles. The van der Waals surface area contributed by atoms with Crippen molar-refractivity contribution in [3.63, 3.8) is 0 Å². The maximum Gasteiger partial charge on any atom is 0.246 e. The predicted molar refractivity (Wildman–Crippen MR) is 78.7 cm³/mol. The van der Waals surface area contributed by atoms with Crippen molar-refractivity contribution in [1.29, 1.82) is 0 Å². The van der Waals surface area contributed by atoms with Gasteiger partial charge in [-0.2, -0.15) is 4.31 Å². The summed E-state index contributed by atoms with van der Waals surface area (Å²) < 4.78 is 53.0. The molecular weight excluding hydrogens is 322 g/mol. The molecule has 1 aromatic carbocycles. The van der Waals surface area contributed by atoms with E-state index in [4.69, 9.17) is 5.73 Å². The summed E-state index contributed by atoms with van der Waals surface area (Å²) in [7, 11) is -4.05. The molecule has 1 heterocycles. The largest absolute Gasteiger partial charge is 0.327 e. The average Bonchev–Trinajstić information content (AvgIpc) is 2.35. The fraction of sp³-hybridized carbons (Fsp3) is 0.538. The van der Waals surface area contributed by atoms with E-state index in [0.717, 1.165) is 12.1 Å². The van der Waals surface area contributed by atoms with Crippen LogP contribution in [0.15, 0.2) is 23.1 Å². The van der Waals surface area contributed by atoms with Crippen molar-refractivity contribution in [2.75, 3.05) is 13.1 Å². The van der Waals surface area contributed by atoms with E-state index in [0.29, 0.717) is 6.42 Å². The standard InChI is InChI=1S/C13H18F2N2O2S.ClH/c1-13(2)8-17(7-6-11(13)16)20(18,19)10-5-3-4-9(14)12(10)15;/h3-5,11H,6-8,16H2,1-2H3;1H. The highest BCUT2D eigenvalue weighted by atomic mass is 35.5. The first-order chi connectivity index (χ1) is 9.16. The third-order valence-electron chi connectivity index (χ3n) is 3.81. The summed E-state index contributed by atoms with van der Waals surface area (Å²) >= 11 is 0. The molecule has 0 bridgehead atoms. The molecule has 1 aliphatic rings. The second-order valence-corrected chi connectivity index (χ2v) is 7.68. The van der Waals surface area contributed by atoms with Crippen LogP contribution in [0.4, 0.5) is 8.78 Å². The Morgan fingerprint density at radius 2 is 1.95 bits per heavy atom. The summed E-state index contributed by atoms with van der Waals surface area (Å²) in [5, 5.41) is 0. The number of benzene rings is 1. The Bertz CT molecular complexity index is 623. The number of rotatable bonds is 2. The van der Waals surface area contributed by atoms with Gasteiger partial charge in [-0.1, -0.05) is 19.9 Å². The van der Waals surface area contributed by atoms with E-state index in [1.165, 1.54) is 10.4 Å². The smallest absolute Gasteiger partial charge is 0.246 e. The van der Waals surface area contributed by atoms with Crippen LogP contribution in [0.5, 0.6) is 0 Å². The molecule has 8 heteroatoms. The summed E-state index contributed by atoms with van der Waals surface area (Å²) in [5.74, 6) is -2.50. The Hall–Kier alpha value is -0.760. The van der Waals surface area contributed by atoms with E-state index in [2.05, 4.69) is 0 Å². The summed E-state index contributed by atoms with van der Waals surface area (Å²) in [5.41, 5.74) is 5.55. The Morgan fingerprint density at radius 3 is 2.52 bits per heavy atom. The lowest BCUT2D eigenvalue weighted by Crippen LogP contribution is -2.53. The molecule has 1 saturated heterocycles. The molecule has 0 radical (unpaired) electrons. The first-order valence-electron chi connectivity index (χ1n) is 6.36. The van der Waals surface area contributed by atoms with Gasteiger partial charge in [0.05, 0.1) is 0 Å². The number of halogens is 3. The van der Waals surface area contributed by atoms with Crippen molar-refractivity contribution in [2.45, 2.75) is 31.2 Å². The minimum Gasteiger partial charge on any atom is -0.327 e. The summed E-state index contributed by atoms with van der Waals surface area (Å²) in [6.07, 6.45) is 0.489. The number of hydrogen-bond acceptors (Lipinski definition) is 3. The fourth-order valence-electron chi connectivity index (χ4n) is 2.35. The van der Waals surface area contributed by atoms with Crippen LogP contribution in [0.1, 0.15) is 20.3 Å². The molecule has 120 valence electrons. The van der Waals surface area contributed by atoms with Gasteiger partial charge in [-0.15, -0.1) is 12.4 Å². The first kappa shape index (κ1) is 18.3. The Morgan fingerprint density at radius 1 is 1.33 bits per heavy atom. The molecule has 0 aromatic heterocycles. The maximum atomic E-state index is 13.7. The summed E-state index contributed by atoms with van der Waals surface area (Å²) in [6, 6.07) is 3.04. The molecule has 2 N–H and O–H groups in total. The topological polar surface area (TPSA) is 63.4 Å². The average molecular weight is 341 g/mol. The van der Waals surface area contributed by atoms with Gasteiger partial charge < -0.3 is 5.73 Å². The van der Waals surface area contributed by atoms with Crippen LogP contribution >= 0.6 is 12.4 Å². The zero-order valence-electron chi connectivity index (χ0n) is 11.8. The third-order valence-corrected chi connectivity index (χ3v) is 5.67. The highest BCUT2D eigenvalue weighted by molar-refractivity contribution is 7.89. The van der Waals surface area contributed by atoms with E-state index < -0.39 is 32.0 Å². The number of nitrogens with two attached hydrogens (primary N) is 1. The zero-order valence-corrected chi connectivity index (χ0v) is 13.5. The number of sulfonamides is 1. The Balaban J connectivity index is 0.00000220. The molecule has 1 aromatic rings. The SMILES string of the molecule is CC1(C)CN(S(=O)(=O)c2cccc(F)c2F)CCC1N.Cl.